The molecule has 0 radical (unpaired) electrons. The maximum atomic E-state index is 4.07. The average Bonchev–Trinajstić information content (AvgIpc) is 2.92. The number of halogens is 3. The summed E-state index contributed by atoms with van der Waals surface area (Å²) in [6.45, 7) is 21.5. The van der Waals surface area contributed by atoms with Gasteiger partial charge in [0.05, 0.1) is 8.07 Å². The van der Waals surface area contributed by atoms with E-state index in [0.717, 1.165) is 0 Å². The Labute approximate surface area is 251 Å². The first kappa shape index (κ1) is 37.1. The minimum atomic E-state index is -2.22. The Kier molecular flexibility index (Phi) is 15.0. The van der Waals surface area contributed by atoms with Crippen molar-refractivity contribution in [2.45, 2.75) is 85.1 Å². The van der Waals surface area contributed by atoms with Crippen LogP contribution in [-0.2, 0) is 21.7 Å². The molecule has 190 valence electrons. The van der Waals surface area contributed by atoms with E-state index in [2.05, 4.69) is 116 Å². The standard InChI is InChI=1S/C29H41Si2.3ClH.Ti/c1-10-11-17-31(26-15-13-12-14-16-26,29(6)21-23(3)24(4)25(29)5)28-19-22(2)18-27(20-28)30(7,8)9;;;;/h12-16,18-20H,10-11,17H2,1-9H3;3*1H;/q-1;;;;+4/p-3. The summed E-state index contributed by atoms with van der Waals surface area (Å²) in [5.41, 5.74) is 5.75. The summed E-state index contributed by atoms with van der Waals surface area (Å²) >= 11 is 0. The van der Waals surface area contributed by atoms with Crippen LogP contribution in [0.2, 0.25) is 30.7 Å². The van der Waals surface area contributed by atoms with Crippen molar-refractivity contribution in [3.8, 4) is 0 Å². The van der Waals surface area contributed by atoms with Gasteiger partial charge in [-0.25, -0.2) is 5.57 Å². The van der Waals surface area contributed by atoms with E-state index >= 15 is 0 Å². The van der Waals surface area contributed by atoms with Gasteiger partial charge in [-0.3, -0.25) is 6.08 Å². The third kappa shape index (κ3) is 6.88. The van der Waals surface area contributed by atoms with E-state index in [-0.39, 0.29) is 64.0 Å². The molecule has 0 heterocycles. The molecule has 1 aliphatic carbocycles. The molecule has 0 N–H and O–H groups in total. The molecule has 2 atom stereocenters. The normalized spacial score (nSPS) is 18.8. The molecule has 0 bridgehead atoms. The number of aryl methyl sites for hydroxylation is 1. The molecule has 0 aromatic heterocycles. The summed E-state index contributed by atoms with van der Waals surface area (Å²) in [7, 11) is -3.65. The van der Waals surface area contributed by atoms with E-state index in [1.807, 2.05) is 0 Å². The molecular formula is C29H41Cl3Si2Ti. The molecule has 0 amide bonds. The zero-order valence-corrected chi connectivity index (χ0v) is 28.7. The van der Waals surface area contributed by atoms with Crippen LogP contribution in [0.1, 0.15) is 53.0 Å². The monoisotopic (exact) mass is 598 g/mol. The number of unbranched alkanes of at least 4 members (excludes halogenated alkanes) is 1. The first-order valence-corrected chi connectivity index (χ1v) is 17.7. The second-order valence-corrected chi connectivity index (χ2v) is 20.4. The Bertz CT molecular complexity index is 1030. The molecule has 2 unspecified atom stereocenters. The molecule has 0 saturated carbocycles. The molecule has 0 saturated heterocycles. The summed E-state index contributed by atoms with van der Waals surface area (Å²) in [5, 5.41) is 4.74. The fourth-order valence-electron chi connectivity index (χ4n) is 5.56. The first-order valence-electron chi connectivity index (χ1n) is 12.0. The summed E-state index contributed by atoms with van der Waals surface area (Å²) in [6.07, 6.45) is 6.56. The Hall–Kier alpha value is -0.0619. The number of benzene rings is 2. The van der Waals surface area contributed by atoms with E-state index < -0.39 is 16.1 Å². The van der Waals surface area contributed by atoms with Gasteiger partial charge < -0.3 is 37.2 Å². The van der Waals surface area contributed by atoms with Crippen LogP contribution in [0.5, 0.6) is 0 Å². The van der Waals surface area contributed by atoms with Gasteiger partial charge in [0.1, 0.15) is 8.07 Å². The minimum absolute atomic E-state index is 0. The van der Waals surface area contributed by atoms with Gasteiger partial charge in [0.25, 0.3) is 0 Å². The van der Waals surface area contributed by atoms with Gasteiger partial charge in [0, 0.05) is 0 Å². The van der Waals surface area contributed by atoms with Gasteiger partial charge in [-0.1, -0.05) is 135 Å². The molecule has 0 fully saturated rings. The van der Waals surface area contributed by atoms with Gasteiger partial charge in [-0.15, -0.1) is 6.92 Å². The van der Waals surface area contributed by atoms with Crippen LogP contribution in [0.15, 0.2) is 65.3 Å². The molecule has 0 nitrogen and oxygen atoms in total. The molecular weight excluding hydrogens is 559 g/mol. The number of hydrogen-bond acceptors (Lipinski definition) is 0. The first-order chi connectivity index (χ1) is 14.5. The SMILES string of the molecule is CCCC[Si](c1ccccc1)(c1cc(C)cc([Si](C)(C)C)c1)C1(C)[C-]=C(C)C(C)=C1C.[Cl-].[Cl-].[Cl-].[Ti+4]. The van der Waals surface area contributed by atoms with Crippen molar-refractivity contribution in [3.05, 3.63) is 76.9 Å². The van der Waals surface area contributed by atoms with Crippen LogP contribution in [0.4, 0.5) is 0 Å². The Morgan fingerprint density at radius 2 is 1.34 bits per heavy atom. The van der Waals surface area contributed by atoms with E-state index in [4.69, 9.17) is 0 Å². The van der Waals surface area contributed by atoms with E-state index in [9.17, 15) is 0 Å². The molecule has 6 heteroatoms. The third-order valence-electron chi connectivity index (χ3n) is 7.77. The molecule has 35 heavy (non-hydrogen) atoms. The van der Waals surface area contributed by atoms with Gasteiger partial charge >= 0.3 is 21.7 Å². The molecule has 0 spiro atoms. The van der Waals surface area contributed by atoms with Crippen LogP contribution in [0, 0.1) is 13.0 Å². The number of hydrogen-bond donors (Lipinski definition) is 0. The third-order valence-corrected chi connectivity index (χ3v) is 15.7. The van der Waals surface area contributed by atoms with Crippen molar-refractivity contribution < 1.29 is 58.9 Å². The van der Waals surface area contributed by atoms with E-state index in [1.54, 1.807) is 15.6 Å². The molecule has 2 aromatic rings. The van der Waals surface area contributed by atoms with Gasteiger partial charge in [-0.05, 0) is 13.0 Å². The van der Waals surface area contributed by atoms with Crippen LogP contribution in [-0.4, -0.2) is 16.1 Å². The number of allylic oxidation sites excluding steroid dienone is 4. The summed E-state index contributed by atoms with van der Waals surface area (Å²) in [6, 6.07) is 20.4. The Morgan fingerprint density at radius 1 is 0.800 bits per heavy atom. The smallest absolute Gasteiger partial charge is 1.00 e. The second-order valence-electron chi connectivity index (χ2n) is 10.8. The predicted octanol–water partition coefficient (Wildman–Crippen LogP) is -2.23. The largest absolute Gasteiger partial charge is 4.00 e. The van der Waals surface area contributed by atoms with Crippen molar-refractivity contribution in [2.75, 3.05) is 0 Å². The summed E-state index contributed by atoms with van der Waals surface area (Å²) in [5.74, 6) is 0. The Balaban J connectivity index is 0. The molecule has 2 aromatic carbocycles. The van der Waals surface area contributed by atoms with Crippen molar-refractivity contribution in [1.29, 1.82) is 0 Å². The van der Waals surface area contributed by atoms with Crippen molar-refractivity contribution >= 4 is 31.7 Å². The molecule has 0 aliphatic heterocycles. The van der Waals surface area contributed by atoms with Crippen molar-refractivity contribution in [3.63, 3.8) is 0 Å². The molecule has 3 rings (SSSR count). The fraction of sp³-hybridized carbons (Fsp3) is 0.448. The van der Waals surface area contributed by atoms with Gasteiger partial charge in [0.15, 0.2) is 0 Å². The quantitative estimate of drug-likeness (QED) is 0.250. The van der Waals surface area contributed by atoms with Crippen LogP contribution in [0.25, 0.3) is 0 Å². The maximum Gasteiger partial charge on any atom is 4.00 e. The molecule has 1 aliphatic rings. The van der Waals surface area contributed by atoms with Crippen LogP contribution < -0.4 is 52.8 Å². The second kappa shape index (κ2) is 14.2. The predicted molar refractivity (Wildman–Crippen MR) is 145 cm³/mol. The van der Waals surface area contributed by atoms with Crippen molar-refractivity contribution in [1.82, 2.24) is 0 Å². The van der Waals surface area contributed by atoms with Gasteiger partial charge in [-0.2, -0.15) is 11.1 Å². The number of rotatable bonds is 7. The van der Waals surface area contributed by atoms with Crippen LogP contribution >= 0.6 is 0 Å². The average molecular weight is 600 g/mol. The zero-order valence-electron chi connectivity index (χ0n) is 22.9. The van der Waals surface area contributed by atoms with E-state index in [1.165, 1.54) is 41.2 Å². The summed E-state index contributed by atoms with van der Waals surface area (Å²) in [4.78, 5) is 0. The van der Waals surface area contributed by atoms with Gasteiger partial charge in [0.2, 0.25) is 0 Å². The topological polar surface area (TPSA) is 0 Å². The van der Waals surface area contributed by atoms with Crippen molar-refractivity contribution in [2.24, 2.45) is 0 Å². The Morgan fingerprint density at radius 3 is 1.80 bits per heavy atom. The fourth-order valence-corrected chi connectivity index (χ4v) is 13.3. The van der Waals surface area contributed by atoms with Crippen LogP contribution in [0.3, 0.4) is 0 Å². The zero-order chi connectivity index (χ0) is 23.0. The maximum absolute atomic E-state index is 4.07. The minimum Gasteiger partial charge on any atom is -1.00 e. The summed E-state index contributed by atoms with van der Waals surface area (Å²) < 4.78 is 0. The van der Waals surface area contributed by atoms with E-state index in [0.29, 0.717) is 0 Å².